The summed E-state index contributed by atoms with van der Waals surface area (Å²) in [5.74, 6) is 0. The molecule has 80 valence electrons. The molecule has 0 spiro atoms. The van der Waals surface area contributed by atoms with Crippen molar-refractivity contribution in [3.63, 3.8) is 0 Å². The van der Waals surface area contributed by atoms with Gasteiger partial charge in [0.05, 0.1) is 0 Å². The highest BCUT2D eigenvalue weighted by atomic mass is 15.0. The smallest absolute Gasteiger partial charge is 0.0332 e. The number of aromatic nitrogens is 1. The van der Waals surface area contributed by atoms with Crippen LogP contribution in [0.2, 0.25) is 0 Å². The lowest BCUT2D eigenvalue weighted by Gasteiger charge is -2.13. The van der Waals surface area contributed by atoms with Gasteiger partial charge in [0.2, 0.25) is 0 Å². The van der Waals surface area contributed by atoms with E-state index in [9.17, 15) is 0 Å². The molecule has 1 aromatic heterocycles. The van der Waals surface area contributed by atoms with Gasteiger partial charge in [-0.25, -0.2) is 0 Å². The summed E-state index contributed by atoms with van der Waals surface area (Å²) in [6, 6.07) is 2.75. The summed E-state index contributed by atoms with van der Waals surface area (Å²) >= 11 is 0. The van der Waals surface area contributed by atoms with E-state index >= 15 is 0 Å². The highest BCUT2D eigenvalue weighted by Crippen LogP contribution is 2.16. The quantitative estimate of drug-likeness (QED) is 0.736. The third kappa shape index (κ3) is 2.88. The summed E-state index contributed by atoms with van der Waals surface area (Å²) in [5, 5.41) is 3.49. The normalized spacial score (nSPS) is 13.1. The standard InChI is InChI=1S/C12H22N2/c1-4-8-14-9-7-11(10-14)12(5-2)13-6-3/h7,9-10,12-13H,4-6,8H2,1-3H3. The van der Waals surface area contributed by atoms with Crippen LogP contribution in [-0.2, 0) is 6.54 Å². The fraction of sp³-hybridized carbons (Fsp3) is 0.667. The van der Waals surface area contributed by atoms with E-state index in [0.717, 1.165) is 19.5 Å². The van der Waals surface area contributed by atoms with Crippen LogP contribution in [0.4, 0.5) is 0 Å². The van der Waals surface area contributed by atoms with Crippen LogP contribution in [0.25, 0.3) is 0 Å². The molecule has 2 heteroatoms. The second-order valence-electron chi connectivity index (χ2n) is 3.70. The monoisotopic (exact) mass is 194 g/mol. The van der Waals surface area contributed by atoms with Crippen molar-refractivity contribution in [3.8, 4) is 0 Å². The molecule has 1 unspecified atom stereocenters. The van der Waals surface area contributed by atoms with Gasteiger partial charge in [0, 0.05) is 25.0 Å². The van der Waals surface area contributed by atoms with Gasteiger partial charge in [0.25, 0.3) is 0 Å². The Morgan fingerprint density at radius 3 is 2.71 bits per heavy atom. The van der Waals surface area contributed by atoms with Crippen molar-refractivity contribution >= 4 is 0 Å². The van der Waals surface area contributed by atoms with Gasteiger partial charge in [-0.1, -0.05) is 20.8 Å². The number of hydrogen-bond acceptors (Lipinski definition) is 1. The predicted molar refractivity (Wildman–Crippen MR) is 61.4 cm³/mol. The van der Waals surface area contributed by atoms with Crippen LogP contribution in [0.1, 0.15) is 45.2 Å². The third-order valence-corrected chi connectivity index (χ3v) is 2.52. The molecule has 0 saturated carbocycles. The van der Waals surface area contributed by atoms with Crippen LogP contribution in [0, 0.1) is 0 Å². The van der Waals surface area contributed by atoms with Crippen molar-refractivity contribution in [2.24, 2.45) is 0 Å². The molecule has 0 aliphatic carbocycles. The maximum atomic E-state index is 3.49. The molecule has 1 atom stereocenters. The number of aryl methyl sites for hydroxylation is 1. The molecule has 0 saturated heterocycles. The zero-order valence-electron chi connectivity index (χ0n) is 9.59. The lowest BCUT2D eigenvalue weighted by Crippen LogP contribution is -2.19. The lowest BCUT2D eigenvalue weighted by molar-refractivity contribution is 0.535. The van der Waals surface area contributed by atoms with E-state index in [1.165, 1.54) is 12.0 Å². The molecule has 1 heterocycles. The average Bonchev–Trinajstić information content (AvgIpc) is 2.63. The molecule has 0 bridgehead atoms. The second kappa shape index (κ2) is 5.86. The number of nitrogens with one attached hydrogen (secondary N) is 1. The van der Waals surface area contributed by atoms with E-state index in [1.807, 2.05) is 0 Å². The number of rotatable bonds is 6. The Hall–Kier alpha value is -0.760. The van der Waals surface area contributed by atoms with E-state index < -0.39 is 0 Å². The molecule has 0 fully saturated rings. The minimum absolute atomic E-state index is 0.526. The summed E-state index contributed by atoms with van der Waals surface area (Å²) < 4.78 is 2.27. The van der Waals surface area contributed by atoms with E-state index in [2.05, 4.69) is 49.1 Å². The van der Waals surface area contributed by atoms with Crippen LogP contribution in [0.15, 0.2) is 18.5 Å². The topological polar surface area (TPSA) is 17.0 Å². The van der Waals surface area contributed by atoms with Crippen LogP contribution in [-0.4, -0.2) is 11.1 Å². The average molecular weight is 194 g/mol. The highest BCUT2D eigenvalue weighted by molar-refractivity contribution is 5.15. The van der Waals surface area contributed by atoms with Crippen LogP contribution < -0.4 is 5.32 Å². The first kappa shape index (κ1) is 11.3. The Morgan fingerprint density at radius 1 is 1.36 bits per heavy atom. The largest absolute Gasteiger partial charge is 0.354 e. The molecule has 1 N–H and O–H groups in total. The van der Waals surface area contributed by atoms with Gasteiger partial charge in [0.15, 0.2) is 0 Å². The van der Waals surface area contributed by atoms with Crippen LogP contribution in [0.3, 0.4) is 0 Å². The summed E-state index contributed by atoms with van der Waals surface area (Å²) in [5.41, 5.74) is 1.42. The van der Waals surface area contributed by atoms with Gasteiger partial charge in [-0.3, -0.25) is 0 Å². The molecule has 0 radical (unpaired) electrons. The van der Waals surface area contributed by atoms with Gasteiger partial charge in [0.1, 0.15) is 0 Å². The summed E-state index contributed by atoms with van der Waals surface area (Å²) in [4.78, 5) is 0. The maximum Gasteiger partial charge on any atom is 0.0332 e. The molecule has 0 aliphatic heterocycles. The van der Waals surface area contributed by atoms with E-state index in [4.69, 9.17) is 0 Å². The Balaban J connectivity index is 2.63. The van der Waals surface area contributed by atoms with Crippen molar-refractivity contribution in [1.29, 1.82) is 0 Å². The van der Waals surface area contributed by atoms with Crippen molar-refractivity contribution in [2.45, 2.75) is 46.2 Å². The minimum atomic E-state index is 0.526. The van der Waals surface area contributed by atoms with Crippen molar-refractivity contribution in [1.82, 2.24) is 9.88 Å². The predicted octanol–water partition coefficient (Wildman–Crippen LogP) is 2.96. The zero-order valence-corrected chi connectivity index (χ0v) is 9.59. The van der Waals surface area contributed by atoms with Gasteiger partial charge >= 0.3 is 0 Å². The van der Waals surface area contributed by atoms with E-state index in [-0.39, 0.29) is 0 Å². The summed E-state index contributed by atoms with van der Waals surface area (Å²) in [7, 11) is 0. The molecule has 1 rings (SSSR count). The second-order valence-corrected chi connectivity index (χ2v) is 3.70. The summed E-state index contributed by atoms with van der Waals surface area (Å²) in [6.07, 6.45) is 6.80. The molecular formula is C12H22N2. The summed E-state index contributed by atoms with van der Waals surface area (Å²) in [6.45, 7) is 8.76. The lowest BCUT2D eigenvalue weighted by atomic mass is 10.1. The highest BCUT2D eigenvalue weighted by Gasteiger charge is 2.08. The number of hydrogen-bond donors (Lipinski definition) is 1. The van der Waals surface area contributed by atoms with Crippen LogP contribution >= 0.6 is 0 Å². The van der Waals surface area contributed by atoms with Gasteiger partial charge in [-0.2, -0.15) is 0 Å². The van der Waals surface area contributed by atoms with E-state index in [0.29, 0.717) is 6.04 Å². The molecule has 1 aromatic rings. The van der Waals surface area contributed by atoms with Crippen LogP contribution in [0.5, 0.6) is 0 Å². The Bertz CT molecular complexity index is 253. The first-order valence-corrected chi connectivity index (χ1v) is 5.70. The van der Waals surface area contributed by atoms with Crippen molar-refractivity contribution in [2.75, 3.05) is 6.54 Å². The molecule has 0 aromatic carbocycles. The van der Waals surface area contributed by atoms with Crippen molar-refractivity contribution < 1.29 is 0 Å². The van der Waals surface area contributed by atoms with E-state index in [1.54, 1.807) is 0 Å². The molecule has 0 aliphatic rings. The Morgan fingerprint density at radius 2 is 2.14 bits per heavy atom. The SMILES string of the molecule is CCCn1ccc(C(CC)NCC)c1. The minimum Gasteiger partial charge on any atom is -0.354 e. The van der Waals surface area contributed by atoms with Gasteiger partial charge in [-0.15, -0.1) is 0 Å². The first-order valence-electron chi connectivity index (χ1n) is 5.70. The third-order valence-electron chi connectivity index (χ3n) is 2.52. The fourth-order valence-corrected chi connectivity index (χ4v) is 1.81. The molecular weight excluding hydrogens is 172 g/mol. The zero-order chi connectivity index (χ0) is 10.4. The number of nitrogens with zero attached hydrogens (tertiary/aromatic N) is 1. The fourth-order valence-electron chi connectivity index (χ4n) is 1.81. The van der Waals surface area contributed by atoms with Gasteiger partial charge < -0.3 is 9.88 Å². The molecule has 14 heavy (non-hydrogen) atoms. The maximum absolute atomic E-state index is 3.49. The first-order chi connectivity index (χ1) is 6.81. The van der Waals surface area contributed by atoms with Crippen molar-refractivity contribution in [3.05, 3.63) is 24.0 Å². The molecule has 2 nitrogen and oxygen atoms in total. The molecule has 0 amide bonds. The van der Waals surface area contributed by atoms with Gasteiger partial charge in [-0.05, 0) is 31.0 Å². The Labute approximate surface area is 87.3 Å². The Kier molecular flexibility index (Phi) is 4.74.